The fraction of sp³-hybridized carbons (Fsp3) is 0.136. The first kappa shape index (κ1) is 19.0. The molecule has 146 valence electrons. The first-order valence-corrected chi connectivity index (χ1v) is 9.97. The van der Waals surface area contributed by atoms with Crippen LogP contribution in [0.5, 0.6) is 0 Å². The lowest BCUT2D eigenvalue weighted by Gasteiger charge is -2.07. The normalized spacial score (nSPS) is 10.9. The van der Waals surface area contributed by atoms with Gasteiger partial charge in [-0.05, 0) is 35.7 Å². The van der Waals surface area contributed by atoms with Gasteiger partial charge < -0.3 is 5.32 Å². The second-order valence-corrected chi connectivity index (χ2v) is 7.65. The summed E-state index contributed by atoms with van der Waals surface area (Å²) in [5, 5.41) is 2.78. The molecule has 0 radical (unpaired) electrons. The maximum atomic E-state index is 12.9. The van der Waals surface area contributed by atoms with Gasteiger partial charge in [-0.25, -0.2) is 9.37 Å². The van der Waals surface area contributed by atoms with E-state index in [1.54, 1.807) is 12.1 Å². The Labute approximate surface area is 170 Å². The fourth-order valence-electron chi connectivity index (χ4n) is 3.01. The van der Waals surface area contributed by atoms with Crippen molar-refractivity contribution in [2.45, 2.75) is 13.0 Å². The predicted octanol–water partition coefficient (Wildman–Crippen LogP) is 3.62. The Balaban J connectivity index is 1.43. The lowest BCUT2D eigenvalue weighted by molar-refractivity contribution is -0.121. The molecule has 29 heavy (non-hydrogen) atoms. The average molecular weight is 407 g/mol. The van der Waals surface area contributed by atoms with Crippen molar-refractivity contribution in [3.05, 3.63) is 88.7 Å². The lowest BCUT2D eigenvalue weighted by Crippen LogP contribution is -2.33. The number of thiophene rings is 1. The van der Waals surface area contributed by atoms with Crippen molar-refractivity contribution in [3.63, 3.8) is 0 Å². The third-order valence-corrected chi connectivity index (χ3v) is 5.69. The SMILES string of the molecule is O=C(Cn1cnc2cc(-c3ccccc3)sc2c1=O)NCCc1ccc(F)cc1. The van der Waals surface area contributed by atoms with Gasteiger partial charge in [0.05, 0.1) is 11.8 Å². The number of benzene rings is 2. The first-order valence-electron chi connectivity index (χ1n) is 9.16. The van der Waals surface area contributed by atoms with E-state index < -0.39 is 0 Å². The minimum absolute atomic E-state index is 0.0935. The summed E-state index contributed by atoms with van der Waals surface area (Å²) in [6.45, 7) is 0.315. The zero-order valence-corrected chi connectivity index (χ0v) is 16.3. The molecule has 0 saturated heterocycles. The van der Waals surface area contributed by atoms with Gasteiger partial charge in [0.2, 0.25) is 5.91 Å². The van der Waals surface area contributed by atoms with Gasteiger partial charge in [0.15, 0.2) is 0 Å². The van der Waals surface area contributed by atoms with Crippen molar-refractivity contribution >= 4 is 27.5 Å². The lowest BCUT2D eigenvalue weighted by atomic mass is 10.1. The third-order valence-electron chi connectivity index (χ3n) is 4.53. The van der Waals surface area contributed by atoms with Crippen LogP contribution in [0.1, 0.15) is 5.56 Å². The van der Waals surface area contributed by atoms with Crippen molar-refractivity contribution in [2.24, 2.45) is 0 Å². The highest BCUT2D eigenvalue weighted by atomic mass is 32.1. The van der Waals surface area contributed by atoms with Crippen LogP contribution in [0.3, 0.4) is 0 Å². The molecule has 0 aliphatic carbocycles. The summed E-state index contributed by atoms with van der Waals surface area (Å²) >= 11 is 1.38. The van der Waals surface area contributed by atoms with Crippen LogP contribution in [0.25, 0.3) is 20.7 Å². The van der Waals surface area contributed by atoms with E-state index in [4.69, 9.17) is 0 Å². The van der Waals surface area contributed by atoms with Crippen molar-refractivity contribution in [1.82, 2.24) is 14.9 Å². The van der Waals surface area contributed by atoms with Crippen molar-refractivity contribution in [2.75, 3.05) is 6.54 Å². The number of carbonyl (C=O) groups excluding carboxylic acids is 1. The number of aromatic nitrogens is 2. The molecule has 0 aliphatic rings. The minimum Gasteiger partial charge on any atom is -0.354 e. The molecular weight excluding hydrogens is 389 g/mol. The molecule has 0 spiro atoms. The second-order valence-electron chi connectivity index (χ2n) is 6.60. The Morgan fingerprint density at radius 1 is 1.10 bits per heavy atom. The van der Waals surface area contributed by atoms with Crippen LogP contribution in [0.15, 0.2) is 71.8 Å². The summed E-state index contributed by atoms with van der Waals surface area (Å²) < 4.78 is 14.8. The molecule has 2 aromatic carbocycles. The number of amides is 1. The maximum absolute atomic E-state index is 12.9. The molecule has 1 N–H and O–H groups in total. The molecule has 0 atom stereocenters. The molecule has 0 bridgehead atoms. The molecular formula is C22H18FN3O2S. The maximum Gasteiger partial charge on any atom is 0.271 e. The number of halogens is 1. The van der Waals surface area contributed by atoms with E-state index >= 15 is 0 Å². The zero-order valence-electron chi connectivity index (χ0n) is 15.5. The Morgan fingerprint density at radius 2 is 1.86 bits per heavy atom. The van der Waals surface area contributed by atoms with Crippen LogP contribution in [-0.4, -0.2) is 22.0 Å². The topological polar surface area (TPSA) is 64.0 Å². The standard InChI is InChI=1S/C22H18FN3O2S/c23-17-8-6-15(7-9-17)10-11-24-20(27)13-26-14-25-18-12-19(29-21(18)22(26)28)16-4-2-1-3-5-16/h1-9,12,14H,10-11,13H2,(H,24,27). The summed E-state index contributed by atoms with van der Waals surface area (Å²) in [6, 6.07) is 17.8. The highest BCUT2D eigenvalue weighted by Gasteiger charge is 2.12. The predicted molar refractivity (Wildman–Crippen MR) is 112 cm³/mol. The summed E-state index contributed by atoms with van der Waals surface area (Å²) in [4.78, 5) is 30.3. The van der Waals surface area contributed by atoms with E-state index in [0.717, 1.165) is 16.0 Å². The van der Waals surface area contributed by atoms with E-state index in [0.29, 0.717) is 23.2 Å². The van der Waals surface area contributed by atoms with Gasteiger partial charge in [-0.2, -0.15) is 0 Å². The number of rotatable bonds is 6. The average Bonchev–Trinajstić information content (AvgIpc) is 3.18. The van der Waals surface area contributed by atoms with E-state index in [2.05, 4.69) is 10.3 Å². The molecule has 0 saturated carbocycles. The highest BCUT2D eigenvalue weighted by molar-refractivity contribution is 7.22. The van der Waals surface area contributed by atoms with E-state index in [9.17, 15) is 14.0 Å². The number of hydrogen-bond donors (Lipinski definition) is 1. The van der Waals surface area contributed by atoms with Crippen molar-refractivity contribution < 1.29 is 9.18 Å². The largest absolute Gasteiger partial charge is 0.354 e. The van der Waals surface area contributed by atoms with Gasteiger partial charge in [-0.15, -0.1) is 11.3 Å². The number of fused-ring (bicyclic) bond motifs is 1. The number of hydrogen-bond acceptors (Lipinski definition) is 4. The van der Waals surface area contributed by atoms with Crippen LogP contribution in [0.4, 0.5) is 4.39 Å². The minimum atomic E-state index is -0.288. The number of nitrogens with zero attached hydrogens (tertiary/aromatic N) is 2. The Morgan fingerprint density at radius 3 is 2.62 bits per heavy atom. The van der Waals surface area contributed by atoms with E-state index in [1.807, 2.05) is 36.4 Å². The molecule has 2 heterocycles. The molecule has 4 aromatic rings. The Hall–Kier alpha value is -3.32. The molecule has 5 nitrogen and oxygen atoms in total. The summed E-state index contributed by atoms with van der Waals surface area (Å²) in [5.74, 6) is -0.556. The number of nitrogens with one attached hydrogen (secondary N) is 1. The second kappa shape index (κ2) is 8.36. The smallest absolute Gasteiger partial charge is 0.271 e. The van der Waals surface area contributed by atoms with Gasteiger partial charge in [0, 0.05) is 11.4 Å². The molecule has 4 rings (SSSR count). The fourth-order valence-corrected chi connectivity index (χ4v) is 4.08. The summed E-state index contributed by atoms with van der Waals surface area (Å²) in [6.07, 6.45) is 2.00. The third kappa shape index (κ3) is 4.41. The van der Waals surface area contributed by atoms with Crippen molar-refractivity contribution in [3.8, 4) is 10.4 Å². The molecule has 0 fully saturated rings. The highest BCUT2D eigenvalue weighted by Crippen LogP contribution is 2.30. The monoisotopic (exact) mass is 407 g/mol. The van der Waals surface area contributed by atoms with Gasteiger partial charge >= 0.3 is 0 Å². The number of carbonyl (C=O) groups is 1. The quantitative estimate of drug-likeness (QED) is 0.531. The molecule has 0 unspecified atom stereocenters. The van der Waals surface area contributed by atoms with Crippen LogP contribution in [-0.2, 0) is 17.8 Å². The summed E-state index contributed by atoms with van der Waals surface area (Å²) in [5.41, 5.74) is 2.36. The first-order chi connectivity index (χ1) is 14.1. The van der Waals surface area contributed by atoms with Crippen LogP contribution < -0.4 is 10.9 Å². The Kier molecular flexibility index (Phi) is 5.48. The van der Waals surface area contributed by atoms with Crippen LogP contribution >= 0.6 is 11.3 Å². The van der Waals surface area contributed by atoms with E-state index in [1.165, 1.54) is 34.4 Å². The van der Waals surface area contributed by atoms with Crippen LogP contribution in [0.2, 0.25) is 0 Å². The molecule has 7 heteroatoms. The van der Waals surface area contributed by atoms with Gasteiger partial charge in [0.25, 0.3) is 5.56 Å². The van der Waals surface area contributed by atoms with Crippen LogP contribution in [0, 0.1) is 5.82 Å². The van der Waals surface area contributed by atoms with E-state index in [-0.39, 0.29) is 23.8 Å². The molecule has 2 aromatic heterocycles. The molecule has 0 aliphatic heterocycles. The van der Waals surface area contributed by atoms with Gasteiger partial charge in [0.1, 0.15) is 17.1 Å². The zero-order chi connectivity index (χ0) is 20.2. The Bertz CT molecular complexity index is 1200. The summed E-state index contributed by atoms with van der Waals surface area (Å²) in [7, 11) is 0. The van der Waals surface area contributed by atoms with Crippen molar-refractivity contribution in [1.29, 1.82) is 0 Å². The van der Waals surface area contributed by atoms with Gasteiger partial charge in [-0.3, -0.25) is 14.2 Å². The molecule has 1 amide bonds. The van der Waals surface area contributed by atoms with Gasteiger partial charge in [-0.1, -0.05) is 42.5 Å².